The Hall–Kier alpha value is -2.78. The monoisotopic (exact) mass is 413 g/mol. The lowest BCUT2D eigenvalue weighted by atomic mass is 10.2. The molecule has 0 amide bonds. The van der Waals surface area contributed by atoms with Gasteiger partial charge in [0, 0.05) is 28.5 Å². The van der Waals surface area contributed by atoms with E-state index in [1.165, 1.54) is 29.2 Å². The number of thiazole rings is 1. The predicted molar refractivity (Wildman–Crippen MR) is 108 cm³/mol. The molecule has 0 atom stereocenters. The molecule has 1 N–H and O–H groups in total. The molecular weight excluding hydrogens is 397 g/mol. The van der Waals surface area contributed by atoms with Crippen LogP contribution in [0.5, 0.6) is 0 Å². The number of hydrogen-bond donors (Lipinski definition) is 1. The molecule has 142 valence electrons. The van der Waals surface area contributed by atoms with E-state index in [9.17, 15) is 9.18 Å². The van der Waals surface area contributed by atoms with Crippen LogP contribution in [-0.2, 0) is 0 Å². The van der Waals surface area contributed by atoms with Gasteiger partial charge in [-0.2, -0.15) is 0 Å². The maximum absolute atomic E-state index is 13.9. The van der Waals surface area contributed by atoms with Crippen LogP contribution in [0.25, 0.3) is 16.5 Å². The number of halogens is 1. The van der Waals surface area contributed by atoms with Gasteiger partial charge in [-0.25, -0.2) is 14.4 Å². The van der Waals surface area contributed by atoms with Crippen LogP contribution in [-0.4, -0.2) is 36.3 Å². The van der Waals surface area contributed by atoms with Crippen LogP contribution in [0.15, 0.2) is 47.1 Å². The minimum absolute atomic E-state index is 0.0156. The van der Waals surface area contributed by atoms with Gasteiger partial charge >= 0.3 is 0 Å². The summed E-state index contributed by atoms with van der Waals surface area (Å²) >= 11 is 2.74. The van der Waals surface area contributed by atoms with Crippen LogP contribution >= 0.6 is 23.1 Å². The molecular formula is C19H16FN5OS2. The van der Waals surface area contributed by atoms with Gasteiger partial charge in [-0.3, -0.25) is 14.5 Å². The predicted octanol–water partition coefficient (Wildman–Crippen LogP) is 4.45. The molecule has 28 heavy (non-hydrogen) atoms. The summed E-state index contributed by atoms with van der Waals surface area (Å²) in [5.41, 5.74) is 2.82. The SMILES string of the molecule is Cc1cc(C(=O)CSc2n[nH]c(-c3ccccc3F)n2)c(C)n1-c1nccs1. The fraction of sp³-hybridized carbons (Fsp3) is 0.158. The summed E-state index contributed by atoms with van der Waals surface area (Å²) < 4.78 is 15.8. The summed E-state index contributed by atoms with van der Waals surface area (Å²) in [7, 11) is 0. The second-order valence-electron chi connectivity index (χ2n) is 6.09. The third kappa shape index (κ3) is 3.50. The van der Waals surface area contributed by atoms with Crippen molar-refractivity contribution in [3.8, 4) is 16.5 Å². The lowest BCUT2D eigenvalue weighted by Crippen LogP contribution is -2.05. The van der Waals surface area contributed by atoms with E-state index >= 15 is 0 Å². The van der Waals surface area contributed by atoms with Crippen molar-refractivity contribution in [1.29, 1.82) is 0 Å². The van der Waals surface area contributed by atoms with Crippen LogP contribution in [0.1, 0.15) is 21.7 Å². The van der Waals surface area contributed by atoms with Crippen LogP contribution in [0.2, 0.25) is 0 Å². The summed E-state index contributed by atoms with van der Waals surface area (Å²) in [6.07, 6.45) is 1.74. The Morgan fingerprint density at radius 2 is 2.14 bits per heavy atom. The molecule has 0 saturated heterocycles. The minimum atomic E-state index is -0.374. The van der Waals surface area contributed by atoms with Crippen LogP contribution in [0.4, 0.5) is 4.39 Å². The first kappa shape index (κ1) is 18.6. The first-order valence-electron chi connectivity index (χ1n) is 8.46. The number of H-pyrrole nitrogens is 1. The normalized spacial score (nSPS) is 11.1. The minimum Gasteiger partial charge on any atom is -0.294 e. The molecule has 0 aliphatic carbocycles. The number of aromatic amines is 1. The van der Waals surface area contributed by atoms with Crippen molar-refractivity contribution >= 4 is 28.9 Å². The first-order valence-corrected chi connectivity index (χ1v) is 10.3. The van der Waals surface area contributed by atoms with Gasteiger partial charge in [0.1, 0.15) is 5.82 Å². The van der Waals surface area contributed by atoms with E-state index in [1.807, 2.05) is 29.9 Å². The van der Waals surface area contributed by atoms with Crippen molar-refractivity contribution in [2.45, 2.75) is 19.0 Å². The molecule has 3 heterocycles. The van der Waals surface area contributed by atoms with Gasteiger partial charge in [0.2, 0.25) is 5.16 Å². The number of nitrogens with zero attached hydrogens (tertiary/aromatic N) is 4. The Morgan fingerprint density at radius 1 is 1.32 bits per heavy atom. The Balaban J connectivity index is 1.49. The maximum Gasteiger partial charge on any atom is 0.209 e. The van der Waals surface area contributed by atoms with Gasteiger partial charge in [0.05, 0.1) is 11.3 Å². The fourth-order valence-electron chi connectivity index (χ4n) is 2.96. The number of hydrogen-bond acceptors (Lipinski definition) is 6. The van der Waals surface area contributed by atoms with Gasteiger partial charge < -0.3 is 0 Å². The molecule has 4 aromatic rings. The van der Waals surface area contributed by atoms with Crippen molar-refractivity contribution in [2.24, 2.45) is 0 Å². The zero-order valence-corrected chi connectivity index (χ0v) is 16.8. The number of carbonyl (C=O) groups excluding carboxylic acids is 1. The average molecular weight is 414 g/mol. The number of rotatable bonds is 6. The van der Waals surface area contributed by atoms with Gasteiger partial charge in [-0.15, -0.1) is 16.4 Å². The standard InChI is InChI=1S/C19H16FN5OS2/c1-11-9-14(12(2)25(11)19-21-7-8-27-19)16(26)10-28-18-22-17(23-24-18)13-5-3-4-6-15(13)20/h3-9H,10H2,1-2H3,(H,22,23,24). The second-order valence-corrected chi connectivity index (χ2v) is 7.91. The number of nitrogens with one attached hydrogen (secondary N) is 1. The smallest absolute Gasteiger partial charge is 0.209 e. The van der Waals surface area contributed by atoms with E-state index in [1.54, 1.807) is 24.4 Å². The molecule has 0 saturated carbocycles. The summed E-state index contributed by atoms with van der Waals surface area (Å²) in [5.74, 6) is 0.144. The topological polar surface area (TPSA) is 76.5 Å². The Bertz CT molecular complexity index is 1130. The molecule has 9 heteroatoms. The molecule has 0 spiro atoms. The first-order chi connectivity index (χ1) is 13.5. The van der Waals surface area contributed by atoms with Crippen LogP contribution in [0.3, 0.4) is 0 Å². The molecule has 3 aromatic heterocycles. The zero-order valence-electron chi connectivity index (χ0n) is 15.1. The molecule has 1 aromatic carbocycles. The molecule has 6 nitrogen and oxygen atoms in total. The van der Waals surface area contributed by atoms with Gasteiger partial charge in [-0.05, 0) is 32.0 Å². The highest BCUT2D eigenvalue weighted by Gasteiger charge is 2.19. The fourth-order valence-corrected chi connectivity index (χ4v) is 4.39. The summed E-state index contributed by atoms with van der Waals surface area (Å²) in [6.45, 7) is 3.86. The third-order valence-electron chi connectivity index (χ3n) is 4.27. The van der Waals surface area contributed by atoms with E-state index in [-0.39, 0.29) is 17.4 Å². The molecule has 0 aliphatic rings. The van der Waals surface area contributed by atoms with E-state index < -0.39 is 0 Å². The Morgan fingerprint density at radius 3 is 2.89 bits per heavy atom. The van der Waals surface area contributed by atoms with E-state index in [4.69, 9.17) is 0 Å². The van der Waals surface area contributed by atoms with Gasteiger partial charge in [0.25, 0.3) is 0 Å². The number of thioether (sulfide) groups is 1. The van der Waals surface area contributed by atoms with E-state index in [2.05, 4.69) is 20.2 Å². The number of aromatic nitrogens is 5. The summed E-state index contributed by atoms with van der Waals surface area (Å²) in [6, 6.07) is 8.22. The van der Waals surface area contributed by atoms with E-state index in [0.717, 1.165) is 16.5 Å². The lowest BCUT2D eigenvalue weighted by Gasteiger charge is -2.05. The summed E-state index contributed by atoms with van der Waals surface area (Å²) in [4.78, 5) is 21.3. The highest BCUT2D eigenvalue weighted by molar-refractivity contribution is 7.99. The maximum atomic E-state index is 13.9. The quantitative estimate of drug-likeness (QED) is 0.373. The van der Waals surface area contributed by atoms with Crippen LogP contribution < -0.4 is 0 Å². The number of aryl methyl sites for hydroxylation is 1. The molecule has 0 aliphatic heterocycles. The zero-order chi connectivity index (χ0) is 19.7. The van der Waals surface area contributed by atoms with Crippen molar-refractivity contribution in [1.82, 2.24) is 24.7 Å². The Kier molecular flexibility index (Phi) is 5.10. The van der Waals surface area contributed by atoms with Crippen molar-refractivity contribution in [2.75, 3.05) is 5.75 Å². The lowest BCUT2D eigenvalue weighted by molar-refractivity contribution is 0.102. The second kappa shape index (κ2) is 7.69. The number of benzene rings is 1. The highest BCUT2D eigenvalue weighted by atomic mass is 32.2. The third-order valence-corrected chi connectivity index (χ3v) is 5.87. The largest absolute Gasteiger partial charge is 0.294 e. The van der Waals surface area contributed by atoms with Crippen LogP contribution in [0, 0.1) is 19.7 Å². The molecule has 0 bridgehead atoms. The number of ketones is 1. The highest BCUT2D eigenvalue weighted by Crippen LogP contribution is 2.25. The van der Waals surface area contributed by atoms with Gasteiger partial charge in [0.15, 0.2) is 16.7 Å². The summed E-state index contributed by atoms with van der Waals surface area (Å²) in [5, 5.41) is 9.95. The van der Waals surface area contributed by atoms with Gasteiger partial charge in [-0.1, -0.05) is 23.9 Å². The molecule has 0 fully saturated rings. The Labute approximate surface area is 168 Å². The number of carbonyl (C=O) groups is 1. The number of Topliss-reactive ketones (excluding diaryl/α,β-unsaturated/α-hetero) is 1. The molecule has 4 rings (SSSR count). The van der Waals surface area contributed by atoms with E-state index in [0.29, 0.717) is 22.1 Å². The van der Waals surface area contributed by atoms with Crippen molar-refractivity contribution in [3.63, 3.8) is 0 Å². The molecule has 0 unspecified atom stereocenters. The average Bonchev–Trinajstić information content (AvgIpc) is 3.41. The van der Waals surface area contributed by atoms with Crippen molar-refractivity contribution in [3.05, 3.63) is 64.7 Å². The molecule has 0 radical (unpaired) electrons. The van der Waals surface area contributed by atoms with Crippen molar-refractivity contribution < 1.29 is 9.18 Å².